The maximum atomic E-state index is 6.21. The van der Waals surface area contributed by atoms with Gasteiger partial charge in [0.15, 0.2) is 0 Å². The molecule has 0 aliphatic carbocycles. The first-order valence-electron chi connectivity index (χ1n) is 13.8. The van der Waals surface area contributed by atoms with Crippen LogP contribution in [0, 0.1) is 6.92 Å². The van der Waals surface area contributed by atoms with Crippen molar-refractivity contribution in [2.45, 2.75) is 38.8 Å². The molecule has 1 fully saturated rings. The van der Waals surface area contributed by atoms with Crippen LogP contribution in [0.1, 0.15) is 29.7 Å². The number of likely N-dealkylation sites (N-methyl/N-ethyl adjacent to an activating group) is 1. The Labute approximate surface area is 224 Å². The third-order valence-corrected chi connectivity index (χ3v) is 7.83. The van der Waals surface area contributed by atoms with E-state index in [1.54, 1.807) is 0 Å². The first-order valence-corrected chi connectivity index (χ1v) is 13.8. The number of aromatic nitrogens is 2. The summed E-state index contributed by atoms with van der Waals surface area (Å²) in [5.74, 6) is 0.870. The van der Waals surface area contributed by atoms with E-state index in [0.717, 1.165) is 50.5 Å². The zero-order valence-corrected chi connectivity index (χ0v) is 22.4. The first-order chi connectivity index (χ1) is 18.7. The standard InChI is InChI=1S/C29H37N7O2/c1-20-6-3-7-21-8-4-10-25(26(20)21)36-16-11-23-24(18-36)33-29(38-19-22-9-5-15-35(22)2)34-27(23)30-12-13-31-28-32-14-17-37-28/h3-4,6-8,10,22H,5,9,11-19H2,1-2H3,(H,31,32)(H,30,33,34). The molecule has 0 saturated carbocycles. The monoisotopic (exact) mass is 515 g/mol. The zero-order valence-electron chi connectivity index (χ0n) is 22.4. The predicted molar refractivity (Wildman–Crippen MR) is 151 cm³/mol. The second-order valence-corrected chi connectivity index (χ2v) is 10.4. The second kappa shape index (κ2) is 11.0. The highest BCUT2D eigenvalue weighted by molar-refractivity contribution is 5.97. The van der Waals surface area contributed by atoms with Gasteiger partial charge in [0.1, 0.15) is 19.0 Å². The molecule has 6 rings (SSSR count). The molecule has 4 heterocycles. The van der Waals surface area contributed by atoms with Crippen molar-refractivity contribution in [3.05, 3.63) is 53.2 Å². The van der Waals surface area contributed by atoms with Gasteiger partial charge in [0, 0.05) is 42.3 Å². The van der Waals surface area contributed by atoms with Crippen molar-refractivity contribution in [1.82, 2.24) is 20.2 Å². The van der Waals surface area contributed by atoms with Gasteiger partial charge in [-0.25, -0.2) is 4.99 Å². The fourth-order valence-corrected chi connectivity index (χ4v) is 5.75. The Hall–Kier alpha value is -3.59. The number of amidine groups is 1. The molecular weight excluding hydrogens is 478 g/mol. The van der Waals surface area contributed by atoms with E-state index < -0.39 is 0 Å². The average molecular weight is 516 g/mol. The second-order valence-electron chi connectivity index (χ2n) is 10.4. The molecule has 200 valence electrons. The molecular formula is C29H37N7O2. The van der Waals surface area contributed by atoms with Crippen molar-refractivity contribution >= 4 is 28.3 Å². The van der Waals surface area contributed by atoms with E-state index in [9.17, 15) is 0 Å². The van der Waals surface area contributed by atoms with Crippen molar-refractivity contribution in [1.29, 1.82) is 0 Å². The van der Waals surface area contributed by atoms with Gasteiger partial charge < -0.3 is 29.9 Å². The lowest BCUT2D eigenvalue weighted by molar-refractivity contribution is 0.187. The first kappa shape index (κ1) is 24.7. The molecule has 1 unspecified atom stereocenters. The van der Waals surface area contributed by atoms with E-state index >= 15 is 0 Å². The van der Waals surface area contributed by atoms with Crippen LogP contribution in [0.3, 0.4) is 0 Å². The molecule has 2 N–H and O–H groups in total. The Morgan fingerprint density at radius 2 is 1.95 bits per heavy atom. The van der Waals surface area contributed by atoms with Crippen LogP contribution in [0.15, 0.2) is 41.4 Å². The van der Waals surface area contributed by atoms with E-state index in [4.69, 9.17) is 19.4 Å². The van der Waals surface area contributed by atoms with Gasteiger partial charge in [0.05, 0.1) is 18.8 Å². The fourth-order valence-electron chi connectivity index (χ4n) is 5.75. The molecule has 0 radical (unpaired) electrons. The Morgan fingerprint density at radius 3 is 2.76 bits per heavy atom. The lowest BCUT2D eigenvalue weighted by Crippen LogP contribution is -2.34. The van der Waals surface area contributed by atoms with Crippen LogP contribution < -0.4 is 20.3 Å². The maximum absolute atomic E-state index is 6.21. The van der Waals surface area contributed by atoms with Gasteiger partial charge >= 0.3 is 6.01 Å². The van der Waals surface area contributed by atoms with Gasteiger partial charge in [-0.2, -0.15) is 9.97 Å². The minimum absolute atomic E-state index is 0.414. The van der Waals surface area contributed by atoms with Gasteiger partial charge in [0.2, 0.25) is 0 Å². The number of rotatable bonds is 8. The largest absolute Gasteiger partial charge is 0.463 e. The minimum atomic E-state index is 0.414. The summed E-state index contributed by atoms with van der Waals surface area (Å²) < 4.78 is 11.7. The minimum Gasteiger partial charge on any atom is -0.463 e. The number of nitrogens with one attached hydrogen (secondary N) is 2. The molecule has 1 atom stereocenters. The summed E-state index contributed by atoms with van der Waals surface area (Å²) in [6.07, 6.45) is 3.23. The highest BCUT2D eigenvalue weighted by Gasteiger charge is 2.26. The highest BCUT2D eigenvalue weighted by atomic mass is 16.5. The topological polar surface area (TPSA) is 87.1 Å². The van der Waals surface area contributed by atoms with Crippen molar-refractivity contribution in [3.8, 4) is 6.01 Å². The van der Waals surface area contributed by atoms with Crippen LogP contribution >= 0.6 is 0 Å². The summed E-state index contributed by atoms with van der Waals surface area (Å²) in [4.78, 5) is 18.9. The quantitative estimate of drug-likeness (QED) is 0.442. The zero-order chi connectivity index (χ0) is 25.9. The number of anilines is 2. The smallest absolute Gasteiger partial charge is 0.318 e. The Balaban J connectivity index is 1.24. The highest BCUT2D eigenvalue weighted by Crippen LogP contribution is 2.34. The Kier molecular flexibility index (Phi) is 7.18. The number of ether oxygens (including phenoxy) is 2. The molecule has 38 heavy (non-hydrogen) atoms. The number of benzene rings is 2. The number of likely N-dealkylation sites (tertiary alicyclic amines) is 1. The van der Waals surface area contributed by atoms with Crippen molar-refractivity contribution in [2.24, 2.45) is 4.99 Å². The number of aryl methyl sites for hydroxylation is 1. The lowest BCUT2D eigenvalue weighted by Gasteiger charge is -2.32. The van der Waals surface area contributed by atoms with Crippen molar-refractivity contribution in [2.75, 3.05) is 63.2 Å². The average Bonchev–Trinajstić information content (AvgIpc) is 3.61. The number of fused-ring (bicyclic) bond motifs is 2. The van der Waals surface area contributed by atoms with Crippen molar-refractivity contribution in [3.63, 3.8) is 0 Å². The van der Waals surface area contributed by atoms with E-state index in [0.29, 0.717) is 44.4 Å². The third kappa shape index (κ3) is 5.20. The Morgan fingerprint density at radius 1 is 1.08 bits per heavy atom. The number of hydrogen-bond acceptors (Lipinski definition) is 9. The van der Waals surface area contributed by atoms with Crippen LogP contribution in [-0.4, -0.2) is 79.9 Å². The van der Waals surface area contributed by atoms with Crippen LogP contribution in [0.25, 0.3) is 10.8 Å². The molecule has 1 saturated heterocycles. The lowest BCUT2D eigenvalue weighted by atomic mass is 10.00. The van der Waals surface area contributed by atoms with E-state index in [1.807, 2.05) is 0 Å². The summed E-state index contributed by atoms with van der Waals surface area (Å²) in [5, 5.41) is 9.36. The van der Waals surface area contributed by atoms with Gasteiger partial charge in [0.25, 0.3) is 6.02 Å². The molecule has 3 aromatic rings. The summed E-state index contributed by atoms with van der Waals surface area (Å²) in [6, 6.07) is 14.6. The summed E-state index contributed by atoms with van der Waals surface area (Å²) in [6.45, 7) is 8.32. The number of aliphatic imine (C=N–C) groups is 1. The number of nitrogens with zero attached hydrogens (tertiary/aromatic N) is 5. The molecule has 2 aromatic carbocycles. The molecule has 9 heteroatoms. The molecule has 3 aliphatic heterocycles. The normalized spacial score (nSPS) is 19.3. The predicted octanol–water partition coefficient (Wildman–Crippen LogP) is 3.36. The van der Waals surface area contributed by atoms with Crippen molar-refractivity contribution < 1.29 is 9.47 Å². The number of hydrogen-bond donors (Lipinski definition) is 2. The van der Waals surface area contributed by atoms with Gasteiger partial charge in [-0.3, -0.25) is 0 Å². The van der Waals surface area contributed by atoms with Gasteiger partial charge in [-0.15, -0.1) is 0 Å². The molecule has 1 aromatic heterocycles. The van der Waals surface area contributed by atoms with Crippen LogP contribution in [-0.2, 0) is 17.7 Å². The van der Waals surface area contributed by atoms with Gasteiger partial charge in [-0.1, -0.05) is 30.3 Å². The van der Waals surface area contributed by atoms with Crippen LogP contribution in [0.2, 0.25) is 0 Å². The molecule has 9 nitrogen and oxygen atoms in total. The third-order valence-electron chi connectivity index (χ3n) is 7.83. The van der Waals surface area contributed by atoms with E-state index in [2.05, 4.69) is 75.8 Å². The van der Waals surface area contributed by atoms with E-state index in [-0.39, 0.29) is 0 Å². The summed E-state index contributed by atoms with van der Waals surface area (Å²) in [7, 11) is 2.16. The van der Waals surface area contributed by atoms with Gasteiger partial charge in [-0.05, 0) is 56.8 Å². The molecule has 0 bridgehead atoms. The molecule has 0 amide bonds. The Bertz CT molecular complexity index is 1320. The van der Waals surface area contributed by atoms with E-state index in [1.165, 1.54) is 34.0 Å². The maximum Gasteiger partial charge on any atom is 0.318 e. The summed E-state index contributed by atoms with van der Waals surface area (Å²) >= 11 is 0. The summed E-state index contributed by atoms with van der Waals surface area (Å²) in [5.41, 5.74) is 4.77. The fraction of sp³-hybridized carbons (Fsp3) is 0.483. The molecule has 0 spiro atoms. The van der Waals surface area contributed by atoms with Crippen LogP contribution in [0.4, 0.5) is 11.5 Å². The SMILES string of the molecule is Cc1cccc2cccc(N3CCc4c(nc(OCC5CCCN5C)nc4NCCNC4=NCCO4)C3)c12. The molecule has 3 aliphatic rings. The van der Waals surface area contributed by atoms with Crippen LogP contribution in [0.5, 0.6) is 6.01 Å².